The van der Waals surface area contributed by atoms with Crippen molar-refractivity contribution in [2.24, 2.45) is 0 Å². The van der Waals surface area contributed by atoms with Crippen molar-refractivity contribution in [3.63, 3.8) is 0 Å². The lowest BCUT2D eigenvalue weighted by molar-refractivity contribution is -0.127. The molecule has 1 heterocycles. The fraction of sp³-hybridized carbons (Fsp3) is 0.120. The van der Waals surface area contributed by atoms with Crippen LogP contribution in [0.1, 0.15) is 25.6 Å². The zero-order valence-corrected chi connectivity index (χ0v) is 18.5. The van der Waals surface area contributed by atoms with Crippen molar-refractivity contribution in [2.45, 2.75) is 19.8 Å². The van der Waals surface area contributed by atoms with Crippen LogP contribution >= 0.6 is 0 Å². The summed E-state index contributed by atoms with van der Waals surface area (Å²) in [5, 5.41) is 7.13. The number of hydrogen-bond acceptors (Lipinski definition) is 7. The number of amides is 2. The van der Waals surface area contributed by atoms with Gasteiger partial charge in [0.05, 0.1) is 0 Å². The zero-order valence-electron chi connectivity index (χ0n) is 18.5. The average molecular weight is 455 g/mol. The SMILES string of the molecule is CC(=O)C(C(C)=O)c1nc(NC(=O)Nc2ccccc2)nc(Oc2ccc3ccccc3c2)n1. The van der Waals surface area contributed by atoms with Gasteiger partial charge in [-0.3, -0.25) is 14.9 Å². The van der Waals surface area contributed by atoms with Gasteiger partial charge in [-0.25, -0.2) is 4.79 Å². The van der Waals surface area contributed by atoms with Crippen LogP contribution in [-0.2, 0) is 9.59 Å². The largest absolute Gasteiger partial charge is 0.424 e. The highest BCUT2D eigenvalue weighted by Gasteiger charge is 2.27. The van der Waals surface area contributed by atoms with E-state index < -0.39 is 23.5 Å². The van der Waals surface area contributed by atoms with Crippen LogP contribution in [0, 0.1) is 0 Å². The number of aromatic nitrogens is 3. The van der Waals surface area contributed by atoms with Gasteiger partial charge in [0, 0.05) is 5.69 Å². The number of rotatable bonds is 7. The predicted molar refractivity (Wildman–Crippen MR) is 127 cm³/mol. The second-order valence-corrected chi connectivity index (χ2v) is 7.51. The van der Waals surface area contributed by atoms with Gasteiger partial charge in [0.1, 0.15) is 23.2 Å². The monoisotopic (exact) mass is 455 g/mol. The van der Waals surface area contributed by atoms with Crippen LogP contribution in [-0.4, -0.2) is 32.5 Å². The van der Waals surface area contributed by atoms with Gasteiger partial charge in [-0.1, -0.05) is 48.5 Å². The predicted octanol–water partition coefficient (Wildman–Crippen LogP) is 4.72. The van der Waals surface area contributed by atoms with Crippen LogP contribution in [0.2, 0.25) is 0 Å². The van der Waals surface area contributed by atoms with Crippen LogP contribution in [0.4, 0.5) is 16.4 Å². The molecule has 0 spiro atoms. The first kappa shape index (κ1) is 22.5. The highest BCUT2D eigenvalue weighted by molar-refractivity contribution is 6.05. The summed E-state index contributed by atoms with van der Waals surface area (Å²) >= 11 is 0. The van der Waals surface area contributed by atoms with Crippen LogP contribution in [0.25, 0.3) is 10.8 Å². The number of ketones is 2. The summed E-state index contributed by atoms with van der Waals surface area (Å²) in [4.78, 5) is 49.2. The summed E-state index contributed by atoms with van der Waals surface area (Å²) in [5.41, 5.74) is 0.562. The first-order chi connectivity index (χ1) is 16.4. The molecule has 0 aliphatic carbocycles. The minimum atomic E-state index is -1.21. The van der Waals surface area contributed by atoms with Gasteiger partial charge in [0.25, 0.3) is 0 Å². The lowest BCUT2D eigenvalue weighted by atomic mass is 10.0. The standard InChI is InChI=1S/C25H21N5O4/c1-15(31)21(16(2)32)22-27-23(29-24(33)26-19-10-4-3-5-11-19)30-25(28-22)34-20-13-12-17-8-6-7-9-18(17)14-20/h3-14,21H,1-2H3,(H2,26,27,28,29,30,33). The Kier molecular flexibility index (Phi) is 6.54. The quantitative estimate of drug-likeness (QED) is 0.386. The van der Waals surface area contributed by atoms with Gasteiger partial charge < -0.3 is 10.1 Å². The smallest absolute Gasteiger partial charge is 0.327 e. The number of nitrogens with one attached hydrogen (secondary N) is 2. The summed E-state index contributed by atoms with van der Waals surface area (Å²) in [7, 11) is 0. The van der Waals surface area contributed by atoms with Crippen molar-refractivity contribution in [3.8, 4) is 11.8 Å². The molecule has 0 radical (unpaired) electrons. The van der Waals surface area contributed by atoms with Crippen molar-refractivity contribution in [1.29, 1.82) is 0 Å². The third kappa shape index (κ3) is 5.39. The summed E-state index contributed by atoms with van der Waals surface area (Å²) in [6.45, 7) is 2.55. The number of carbonyl (C=O) groups is 3. The van der Waals surface area contributed by atoms with E-state index in [4.69, 9.17) is 4.74 Å². The maximum absolute atomic E-state index is 12.4. The second kappa shape index (κ2) is 9.86. The number of anilines is 2. The summed E-state index contributed by atoms with van der Waals surface area (Å²) < 4.78 is 5.82. The Morgan fingerprint density at radius 2 is 1.44 bits per heavy atom. The molecule has 34 heavy (non-hydrogen) atoms. The van der Waals surface area contributed by atoms with Crippen molar-refractivity contribution >= 4 is 40.0 Å². The molecule has 0 saturated heterocycles. The fourth-order valence-electron chi connectivity index (χ4n) is 3.37. The number of Topliss-reactive ketones (excluding diaryl/α,β-unsaturated/α-hetero) is 2. The molecule has 0 unspecified atom stereocenters. The molecule has 3 aromatic carbocycles. The molecule has 0 aliphatic rings. The van der Waals surface area contributed by atoms with Crippen LogP contribution < -0.4 is 15.4 Å². The highest BCUT2D eigenvalue weighted by Crippen LogP contribution is 2.26. The van der Waals surface area contributed by atoms with Gasteiger partial charge >= 0.3 is 12.0 Å². The van der Waals surface area contributed by atoms with Gasteiger partial charge in [-0.2, -0.15) is 15.0 Å². The molecule has 0 bridgehead atoms. The Hall–Kier alpha value is -4.66. The molecule has 9 heteroatoms. The third-order valence-electron chi connectivity index (χ3n) is 4.89. The third-order valence-corrected chi connectivity index (χ3v) is 4.89. The summed E-state index contributed by atoms with van der Waals surface area (Å²) in [6.07, 6.45) is 0. The summed E-state index contributed by atoms with van der Waals surface area (Å²) in [6, 6.07) is 21.2. The van der Waals surface area contributed by atoms with E-state index in [0.29, 0.717) is 11.4 Å². The van der Waals surface area contributed by atoms with E-state index in [0.717, 1.165) is 10.8 Å². The fourth-order valence-corrected chi connectivity index (χ4v) is 3.37. The number of hydrogen-bond donors (Lipinski definition) is 2. The molecule has 4 aromatic rings. The minimum Gasteiger partial charge on any atom is -0.424 e. The molecule has 0 fully saturated rings. The van der Waals surface area contributed by atoms with Gasteiger partial charge in [-0.15, -0.1) is 0 Å². The maximum Gasteiger partial charge on any atom is 0.327 e. The second-order valence-electron chi connectivity index (χ2n) is 7.51. The van der Waals surface area contributed by atoms with E-state index in [-0.39, 0.29) is 17.8 Å². The Morgan fingerprint density at radius 1 is 0.765 bits per heavy atom. The molecule has 4 rings (SSSR count). The molecule has 0 saturated carbocycles. The van der Waals surface area contributed by atoms with Crippen molar-refractivity contribution in [3.05, 3.63) is 78.6 Å². The highest BCUT2D eigenvalue weighted by atomic mass is 16.5. The number of benzene rings is 3. The normalized spacial score (nSPS) is 10.7. The maximum atomic E-state index is 12.4. The Morgan fingerprint density at radius 3 is 2.15 bits per heavy atom. The summed E-state index contributed by atoms with van der Waals surface area (Å²) in [5.74, 6) is -1.91. The first-order valence-corrected chi connectivity index (χ1v) is 10.5. The van der Waals surface area contributed by atoms with Crippen LogP contribution in [0.3, 0.4) is 0 Å². The van der Waals surface area contributed by atoms with Crippen LogP contribution in [0.15, 0.2) is 72.8 Å². The lowest BCUT2D eigenvalue weighted by Gasteiger charge is -2.13. The van der Waals surface area contributed by atoms with Gasteiger partial charge in [-0.05, 0) is 48.9 Å². The van der Waals surface area contributed by atoms with Crippen molar-refractivity contribution in [1.82, 2.24) is 15.0 Å². The van der Waals surface area contributed by atoms with E-state index in [1.54, 1.807) is 36.4 Å². The lowest BCUT2D eigenvalue weighted by Crippen LogP contribution is -2.24. The molecule has 170 valence electrons. The number of urea groups is 1. The molecule has 0 atom stereocenters. The molecule has 9 nitrogen and oxygen atoms in total. The van der Waals surface area contributed by atoms with Gasteiger partial charge in [0.15, 0.2) is 5.82 Å². The molecular formula is C25H21N5O4. The topological polar surface area (TPSA) is 123 Å². The van der Waals surface area contributed by atoms with E-state index in [1.165, 1.54) is 13.8 Å². The van der Waals surface area contributed by atoms with Crippen molar-refractivity contribution in [2.75, 3.05) is 10.6 Å². The first-order valence-electron chi connectivity index (χ1n) is 10.5. The van der Waals surface area contributed by atoms with Crippen LogP contribution in [0.5, 0.6) is 11.8 Å². The molecule has 2 N–H and O–H groups in total. The number of carbonyl (C=O) groups excluding carboxylic acids is 3. The van der Waals surface area contributed by atoms with E-state index in [2.05, 4.69) is 25.6 Å². The number of ether oxygens (including phenoxy) is 1. The zero-order chi connectivity index (χ0) is 24.1. The van der Waals surface area contributed by atoms with E-state index >= 15 is 0 Å². The van der Waals surface area contributed by atoms with Gasteiger partial charge in [0.2, 0.25) is 5.95 Å². The molecule has 2 amide bonds. The average Bonchev–Trinajstić information content (AvgIpc) is 2.79. The Bertz CT molecular complexity index is 1360. The Labute approximate surface area is 195 Å². The molecule has 0 aliphatic heterocycles. The number of fused-ring (bicyclic) bond motifs is 1. The van der Waals surface area contributed by atoms with E-state index in [9.17, 15) is 14.4 Å². The number of para-hydroxylation sites is 1. The van der Waals surface area contributed by atoms with E-state index in [1.807, 2.05) is 36.4 Å². The molecule has 1 aromatic heterocycles. The van der Waals surface area contributed by atoms with Crippen molar-refractivity contribution < 1.29 is 19.1 Å². The Balaban J connectivity index is 1.66. The number of nitrogens with zero attached hydrogens (tertiary/aromatic N) is 3. The minimum absolute atomic E-state index is 0.110. The molecular weight excluding hydrogens is 434 g/mol.